The number of hydrogen-bond donors (Lipinski definition) is 3. The second kappa shape index (κ2) is 9.90. The molecule has 0 saturated carbocycles. The predicted octanol–water partition coefficient (Wildman–Crippen LogP) is 2.29. The van der Waals surface area contributed by atoms with Crippen LogP contribution in [0.15, 0.2) is 0 Å². The lowest BCUT2D eigenvalue weighted by Crippen LogP contribution is -2.26. The van der Waals surface area contributed by atoms with Crippen molar-refractivity contribution >= 4 is 27.1 Å². The lowest BCUT2D eigenvalue weighted by Gasteiger charge is -2.26. The molecule has 3 atom stereocenters. The molecule has 0 saturated heterocycles. The SMILES string of the molecule is CC(C)(CCC[S+]([O-])CCCC(C)(C)OP(N)(=O)O)O[PH](N)=O. The van der Waals surface area contributed by atoms with E-state index >= 15 is 0 Å². The molecule has 23 heavy (non-hydrogen) atoms. The first-order chi connectivity index (χ1) is 10.2. The van der Waals surface area contributed by atoms with Crippen molar-refractivity contribution in [3.05, 3.63) is 0 Å². The average molecular weight is 392 g/mol. The molecule has 11 heteroatoms. The van der Waals surface area contributed by atoms with Crippen molar-refractivity contribution in [3.8, 4) is 0 Å². The maximum atomic E-state index is 11.9. The number of rotatable bonds is 12. The second-order valence-corrected chi connectivity index (χ2v) is 10.5. The fourth-order valence-corrected chi connectivity index (χ4v) is 4.73. The fourth-order valence-electron chi connectivity index (χ4n) is 2.14. The van der Waals surface area contributed by atoms with Gasteiger partial charge in [-0.3, -0.25) is 14.6 Å². The van der Waals surface area contributed by atoms with Crippen LogP contribution in [0, 0.1) is 0 Å². The Morgan fingerprint density at radius 3 is 2.00 bits per heavy atom. The number of nitrogens with two attached hydrogens (primary N) is 2. The molecule has 0 spiro atoms. The van der Waals surface area contributed by atoms with Crippen LogP contribution in [0.4, 0.5) is 0 Å². The quantitative estimate of drug-likeness (QED) is 0.338. The minimum Gasteiger partial charge on any atom is -0.616 e. The van der Waals surface area contributed by atoms with Gasteiger partial charge in [-0.2, -0.15) is 0 Å². The molecule has 0 aromatic carbocycles. The molecule has 5 N–H and O–H groups in total. The van der Waals surface area contributed by atoms with Gasteiger partial charge in [-0.15, -0.1) is 0 Å². The van der Waals surface area contributed by atoms with E-state index in [1.54, 1.807) is 27.7 Å². The molecule has 0 radical (unpaired) electrons. The molecule has 0 aromatic heterocycles. The van der Waals surface area contributed by atoms with Crippen LogP contribution in [0.1, 0.15) is 53.4 Å². The van der Waals surface area contributed by atoms with Crippen LogP contribution < -0.4 is 11.0 Å². The summed E-state index contributed by atoms with van der Waals surface area (Å²) in [6, 6.07) is 0. The molecule has 3 unspecified atom stereocenters. The van der Waals surface area contributed by atoms with E-state index in [4.69, 9.17) is 24.9 Å². The number of hydrogen-bond acceptors (Lipinski definition) is 5. The summed E-state index contributed by atoms with van der Waals surface area (Å²) >= 11 is -1.00. The van der Waals surface area contributed by atoms with Gasteiger partial charge in [0.25, 0.3) is 8.18 Å². The fraction of sp³-hybridized carbons (Fsp3) is 1.00. The van der Waals surface area contributed by atoms with E-state index in [0.29, 0.717) is 37.2 Å². The third-order valence-electron chi connectivity index (χ3n) is 3.06. The molecule has 0 aliphatic carbocycles. The third kappa shape index (κ3) is 14.6. The predicted molar refractivity (Wildman–Crippen MR) is 93.9 cm³/mol. The zero-order valence-electron chi connectivity index (χ0n) is 14.2. The molecule has 0 aliphatic rings. The third-order valence-corrected chi connectivity index (χ3v) is 6.05. The van der Waals surface area contributed by atoms with Gasteiger partial charge < -0.3 is 14.0 Å². The Labute approximate surface area is 142 Å². The van der Waals surface area contributed by atoms with Gasteiger partial charge in [-0.1, -0.05) is 11.2 Å². The summed E-state index contributed by atoms with van der Waals surface area (Å²) in [4.78, 5) is 9.03. The van der Waals surface area contributed by atoms with Gasteiger partial charge >= 0.3 is 7.75 Å². The zero-order chi connectivity index (χ0) is 18.3. The second-order valence-electron chi connectivity index (χ2n) is 6.65. The van der Waals surface area contributed by atoms with Crippen LogP contribution in [0.5, 0.6) is 0 Å². The molecular formula is C12H30N2O6P2S. The summed E-state index contributed by atoms with van der Waals surface area (Å²) in [5, 5.41) is 0. The molecule has 8 nitrogen and oxygen atoms in total. The van der Waals surface area contributed by atoms with E-state index in [-0.39, 0.29) is 0 Å². The van der Waals surface area contributed by atoms with Gasteiger partial charge in [0, 0.05) is 0 Å². The Bertz CT molecular complexity index is 430. The van der Waals surface area contributed by atoms with Crippen molar-refractivity contribution in [1.82, 2.24) is 0 Å². The Hall–Kier alpha value is 0.570. The summed E-state index contributed by atoms with van der Waals surface area (Å²) in [6.45, 7) is 6.93. The summed E-state index contributed by atoms with van der Waals surface area (Å²) in [7, 11) is -6.50. The lowest BCUT2D eigenvalue weighted by molar-refractivity contribution is 0.0831. The summed E-state index contributed by atoms with van der Waals surface area (Å²) in [5.74, 6) is 0.983. The van der Waals surface area contributed by atoms with Crippen molar-refractivity contribution < 1.29 is 27.6 Å². The van der Waals surface area contributed by atoms with Gasteiger partial charge in [-0.25, -0.2) is 10.1 Å². The summed E-state index contributed by atoms with van der Waals surface area (Å²) in [6.07, 6.45) is 2.35. The van der Waals surface area contributed by atoms with Crippen LogP contribution in [0.3, 0.4) is 0 Å². The normalized spacial score (nSPS) is 18.4. The highest BCUT2D eigenvalue weighted by molar-refractivity contribution is 7.91. The molecule has 0 bridgehead atoms. The van der Waals surface area contributed by atoms with Crippen molar-refractivity contribution in [1.29, 1.82) is 0 Å². The summed E-state index contributed by atoms with van der Waals surface area (Å²) in [5.41, 5.74) is 8.72. The highest BCUT2D eigenvalue weighted by Gasteiger charge is 2.27. The van der Waals surface area contributed by atoms with E-state index in [0.717, 1.165) is 0 Å². The van der Waals surface area contributed by atoms with E-state index in [1.807, 2.05) is 0 Å². The van der Waals surface area contributed by atoms with Crippen LogP contribution in [-0.2, 0) is 29.4 Å². The highest BCUT2D eigenvalue weighted by atomic mass is 32.2. The summed E-state index contributed by atoms with van der Waals surface area (Å²) < 4.78 is 43.9. The van der Waals surface area contributed by atoms with Gasteiger partial charge in [0.15, 0.2) is 0 Å². The zero-order valence-corrected chi connectivity index (χ0v) is 17.0. The van der Waals surface area contributed by atoms with Crippen LogP contribution in [0.2, 0.25) is 0 Å². The molecule has 0 aromatic rings. The maximum absolute atomic E-state index is 11.9. The minimum atomic E-state index is -4.02. The Kier molecular flexibility index (Phi) is 10.1. The van der Waals surface area contributed by atoms with E-state index in [1.165, 1.54) is 0 Å². The average Bonchev–Trinajstić information content (AvgIpc) is 2.22. The van der Waals surface area contributed by atoms with E-state index in [9.17, 15) is 13.7 Å². The molecule has 140 valence electrons. The van der Waals surface area contributed by atoms with E-state index < -0.39 is 38.3 Å². The van der Waals surface area contributed by atoms with Crippen molar-refractivity contribution in [2.45, 2.75) is 64.6 Å². The molecule has 0 heterocycles. The highest BCUT2D eigenvalue weighted by Crippen LogP contribution is 2.39. The Morgan fingerprint density at radius 1 is 1.17 bits per heavy atom. The topological polar surface area (TPSA) is 148 Å². The first-order valence-corrected chi connectivity index (χ1v) is 11.9. The molecule has 0 fully saturated rings. The largest absolute Gasteiger partial charge is 0.616 e. The standard InChI is InChI=1S/C12H30N2O6P2S/c1-11(2,19-21(13)15)7-5-9-23(18)10-6-8-12(3,4)20-22(14,16)17/h21H,5-10H2,1-4H3,(H2,13,15)(H3,14,16,17). The first kappa shape index (κ1) is 23.6. The minimum absolute atomic E-state index is 0.474. The van der Waals surface area contributed by atoms with E-state index in [2.05, 4.69) is 0 Å². The smallest absolute Gasteiger partial charge is 0.400 e. The lowest BCUT2D eigenvalue weighted by atomic mass is 10.0. The molecule has 0 aliphatic heterocycles. The van der Waals surface area contributed by atoms with Crippen molar-refractivity contribution in [2.75, 3.05) is 11.5 Å². The van der Waals surface area contributed by atoms with Gasteiger partial charge in [0.2, 0.25) is 0 Å². The van der Waals surface area contributed by atoms with Crippen LogP contribution >= 0.6 is 15.9 Å². The van der Waals surface area contributed by atoms with Crippen molar-refractivity contribution in [3.63, 3.8) is 0 Å². The van der Waals surface area contributed by atoms with Gasteiger partial charge in [0.05, 0.1) is 11.2 Å². The van der Waals surface area contributed by atoms with Gasteiger partial charge in [0.1, 0.15) is 11.5 Å². The Balaban J connectivity index is 3.98. The Morgan fingerprint density at radius 2 is 1.61 bits per heavy atom. The molecule has 0 amide bonds. The van der Waals surface area contributed by atoms with Crippen LogP contribution in [-0.4, -0.2) is 32.2 Å². The van der Waals surface area contributed by atoms with Crippen molar-refractivity contribution in [2.24, 2.45) is 11.0 Å². The molecule has 0 rings (SSSR count). The molecular weight excluding hydrogens is 362 g/mol. The maximum Gasteiger partial charge on any atom is 0.400 e. The van der Waals surface area contributed by atoms with Crippen LogP contribution in [0.25, 0.3) is 0 Å². The van der Waals surface area contributed by atoms with Gasteiger partial charge in [-0.05, 0) is 53.4 Å². The first-order valence-electron chi connectivity index (χ1n) is 7.38. The monoisotopic (exact) mass is 392 g/mol.